The summed E-state index contributed by atoms with van der Waals surface area (Å²) >= 11 is 0. The predicted molar refractivity (Wildman–Crippen MR) is 68.3 cm³/mol. The minimum atomic E-state index is -3.16. The topological polar surface area (TPSA) is 37.4 Å². The summed E-state index contributed by atoms with van der Waals surface area (Å²) < 4.78 is 25.3. The number of hydrogen-bond acceptors (Lipinski definition) is 2. The zero-order valence-electron chi connectivity index (χ0n) is 10.1. The quantitative estimate of drug-likeness (QED) is 0.794. The van der Waals surface area contributed by atoms with Gasteiger partial charge in [-0.1, -0.05) is 24.6 Å². The first-order valence-electron chi connectivity index (χ1n) is 5.58. The molecule has 0 saturated carbocycles. The highest BCUT2D eigenvalue weighted by Gasteiger charge is 2.19. The van der Waals surface area contributed by atoms with Gasteiger partial charge in [0.1, 0.15) is 0 Å². The molecule has 0 spiro atoms. The maximum atomic E-state index is 11.9. The molecule has 0 amide bonds. The Morgan fingerprint density at radius 1 is 1.12 bits per heavy atom. The Kier molecular flexibility index (Phi) is 4.35. The van der Waals surface area contributed by atoms with E-state index >= 15 is 0 Å². The number of anilines is 1. The van der Waals surface area contributed by atoms with Gasteiger partial charge in [-0.15, -0.1) is 0 Å². The molecule has 0 aromatic heterocycles. The monoisotopic (exact) mass is 241 g/mol. The van der Waals surface area contributed by atoms with Gasteiger partial charge in [-0.05, 0) is 32.4 Å². The standard InChI is InChI=1S/C12H19NO2S/c1-4-10-13(16(14,15)5-2)12-8-6-11(3)7-9-12/h6-9H,4-5,10H2,1-3H3. The first-order chi connectivity index (χ1) is 7.51. The molecular weight excluding hydrogens is 222 g/mol. The second kappa shape index (κ2) is 5.34. The Balaban J connectivity index is 3.08. The molecule has 90 valence electrons. The summed E-state index contributed by atoms with van der Waals surface area (Å²) in [4.78, 5) is 0. The lowest BCUT2D eigenvalue weighted by molar-refractivity contribution is 0.591. The third-order valence-electron chi connectivity index (χ3n) is 2.45. The summed E-state index contributed by atoms with van der Waals surface area (Å²) in [7, 11) is -3.16. The van der Waals surface area contributed by atoms with Crippen LogP contribution in [0.1, 0.15) is 25.8 Å². The SMILES string of the molecule is CCCN(c1ccc(C)cc1)S(=O)(=O)CC. The third-order valence-corrected chi connectivity index (χ3v) is 4.24. The highest BCUT2D eigenvalue weighted by Crippen LogP contribution is 2.19. The zero-order chi connectivity index (χ0) is 12.2. The van der Waals surface area contributed by atoms with E-state index in [4.69, 9.17) is 0 Å². The molecule has 0 heterocycles. The number of nitrogens with zero attached hydrogens (tertiary/aromatic N) is 1. The van der Waals surface area contributed by atoms with Crippen LogP contribution in [-0.4, -0.2) is 20.7 Å². The Morgan fingerprint density at radius 2 is 1.69 bits per heavy atom. The van der Waals surface area contributed by atoms with E-state index in [1.54, 1.807) is 6.92 Å². The summed E-state index contributed by atoms with van der Waals surface area (Å²) in [5.41, 5.74) is 1.89. The lowest BCUT2D eigenvalue weighted by Crippen LogP contribution is -2.32. The van der Waals surface area contributed by atoms with Crippen molar-refractivity contribution >= 4 is 15.7 Å². The zero-order valence-corrected chi connectivity index (χ0v) is 10.9. The lowest BCUT2D eigenvalue weighted by atomic mass is 10.2. The van der Waals surface area contributed by atoms with Crippen molar-refractivity contribution in [3.63, 3.8) is 0 Å². The second-order valence-electron chi connectivity index (χ2n) is 3.81. The largest absolute Gasteiger partial charge is 0.270 e. The van der Waals surface area contributed by atoms with Crippen LogP contribution in [0, 0.1) is 6.92 Å². The van der Waals surface area contributed by atoms with Gasteiger partial charge in [-0.3, -0.25) is 4.31 Å². The molecule has 1 rings (SSSR count). The molecule has 4 heteroatoms. The van der Waals surface area contributed by atoms with Gasteiger partial charge in [-0.2, -0.15) is 0 Å². The van der Waals surface area contributed by atoms with Crippen LogP contribution >= 0.6 is 0 Å². The van der Waals surface area contributed by atoms with Crippen molar-refractivity contribution in [2.45, 2.75) is 27.2 Å². The van der Waals surface area contributed by atoms with Crippen molar-refractivity contribution in [1.29, 1.82) is 0 Å². The normalized spacial score (nSPS) is 11.4. The molecule has 0 aliphatic heterocycles. The van der Waals surface area contributed by atoms with E-state index in [2.05, 4.69) is 0 Å². The molecule has 0 saturated heterocycles. The van der Waals surface area contributed by atoms with E-state index in [0.717, 1.165) is 17.7 Å². The lowest BCUT2D eigenvalue weighted by Gasteiger charge is -2.23. The van der Waals surface area contributed by atoms with Crippen molar-refractivity contribution in [2.75, 3.05) is 16.6 Å². The van der Waals surface area contributed by atoms with E-state index < -0.39 is 10.0 Å². The van der Waals surface area contributed by atoms with Crippen LogP contribution in [-0.2, 0) is 10.0 Å². The van der Waals surface area contributed by atoms with E-state index in [0.29, 0.717) is 6.54 Å². The Morgan fingerprint density at radius 3 is 2.12 bits per heavy atom. The minimum Gasteiger partial charge on any atom is -0.270 e. The maximum Gasteiger partial charge on any atom is 0.234 e. The highest BCUT2D eigenvalue weighted by atomic mass is 32.2. The summed E-state index contributed by atoms with van der Waals surface area (Å²) in [6.45, 7) is 6.18. The average Bonchev–Trinajstić information content (AvgIpc) is 2.27. The van der Waals surface area contributed by atoms with E-state index in [1.807, 2.05) is 38.1 Å². The first kappa shape index (κ1) is 13.0. The number of sulfonamides is 1. The van der Waals surface area contributed by atoms with Crippen LogP contribution in [0.3, 0.4) is 0 Å². The molecule has 0 unspecified atom stereocenters. The molecule has 3 nitrogen and oxygen atoms in total. The van der Waals surface area contributed by atoms with Crippen molar-refractivity contribution in [3.05, 3.63) is 29.8 Å². The van der Waals surface area contributed by atoms with Gasteiger partial charge < -0.3 is 0 Å². The molecule has 0 aliphatic carbocycles. The number of rotatable bonds is 5. The molecular formula is C12H19NO2S. The van der Waals surface area contributed by atoms with Gasteiger partial charge in [0.05, 0.1) is 11.4 Å². The fourth-order valence-corrected chi connectivity index (χ4v) is 2.71. The van der Waals surface area contributed by atoms with Crippen LogP contribution in [0.2, 0.25) is 0 Å². The minimum absolute atomic E-state index is 0.140. The maximum absolute atomic E-state index is 11.9. The van der Waals surface area contributed by atoms with Gasteiger partial charge in [0.2, 0.25) is 10.0 Å². The molecule has 1 aromatic rings. The molecule has 0 N–H and O–H groups in total. The van der Waals surface area contributed by atoms with Crippen LogP contribution in [0.25, 0.3) is 0 Å². The Bertz CT molecular complexity index is 423. The van der Waals surface area contributed by atoms with Gasteiger partial charge in [0.25, 0.3) is 0 Å². The van der Waals surface area contributed by atoms with E-state index in [1.165, 1.54) is 4.31 Å². The van der Waals surface area contributed by atoms with Crippen molar-refractivity contribution < 1.29 is 8.42 Å². The summed E-state index contributed by atoms with van der Waals surface area (Å²) in [5, 5.41) is 0. The fraction of sp³-hybridized carbons (Fsp3) is 0.500. The van der Waals surface area contributed by atoms with Crippen LogP contribution in [0.5, 0.6) is 0 Å². The predicted octanol–water partition coefficient (Wildman–Crippen LogP) is 2.56. The average molecular weight is 241 g/mol. The third kappa shape index (κ3) is 2.98. The Labute approximate surface area is 98.1 Å². The van der Waals surface area contributed by atoms with Gasteiger partial charge >= 0.3 is 0 Å². The summed E-state index contributed by atoms with van der Waals surface area (Å²) in [6, 6.07) is 7.59. The van der Waals surface area contributed by atoms with E-state index in [-0.39, 0.29) is 5.75 Å². The highest BCUT2D eigenvalue weighted by molar-refractivity contribution is 7.92. The number of hydrogen-bond donors (Lipinski definition) is 0. The molecule has 0 fully saturated rings. The second-order valence-corrected chi connectivity index (χ2v) is 5.99. The van der Waals surface area contributed by atoms with Crippen LogP contribution in [0.15, 0.2) is 24.3 Å². The van der Waals surface area contributed by atoms with Gasteiger partial charge in [0.15, 0.2) is 0 Å². The molecule has 0 atom stereocenters. The molecule has 1 aromatic carbocycles. The first-order valence-corrected chi connectivity index (χ1v) is 7.19. The molecule has 0 bridgehead atoms. The van der Waals surface area contributed by atoms with Crippen LogP contribution < -0.4 is 4.31 Å². The molecule has 16 heavy (non-hydrogen) atoms. The van der Waals surface area contributed by atoms with Crippen molar-refractivity contribution in [2.24, 2.45) is 0 Å². The van der Waals surface area contributed by atoms with Gasteiger partial charge in [0, 0.05) is 6.54 Å². The number of aryl methyl sites for hydroxylation is 1. The van der Waals surface area contributed by atoms with E-state index in [9.17, 15) is 8.42 Å². The van der Waals surface area contributed by atoms with Crippen molar-refractivity contribution in [1.82, 2.24) is 0 Å². The Hall–Kier alpha value is -1.03. The summed E-state index contributed by atoms with van der Waals surface area (Å²) in [6.07, 6.45) is 0.813. The molecule has 0 radical (unpaired) electrons. The molecule has 0 aliphatic rings. The van der Waals surface area contributed by atoms with Crippen molar-refractivity contribution in [3.8, 4) is 0 Å². The number of benzene rings is 1. The van der Waals surface area contributed by atoms with Gasteiger partial charge in [-0.25, -0.2) is 8.42 Å². The van der Waals surface area contributed by atoms with Crippen LogP contribution in [0.4, 0.5) is 5.69 Å². The smallest absolute Gasteiger partial charge is 0.234 e. The fourth-order valence-electron chi connectivity index (χ4n) is 1.50. The summed E-state index contributed by atoms with van der Waals surface area (Å²) in [5.74, 6) is 0.140.